The first-order valence-electron chi connectivity index (χ1n) is 13.1. The topological polar surface area (TPSA) is 96.0 Å². The molecule has 0 unspecified atom stereocenters. The van der Waals surface area contributed by atoms with Crippen LogP contribution in [-0.2, 0) is 26.2 Å². The SMILES string of the molecule is CC[C@H](C)NC(=O)[C@H](C)N(Cc1ccc(Cl)c(Cl)c1)C(=O)CN(c1ccc(OC)cc1)S(=O)(=O)c1ccc(C)cc1. The maximum Gasteiger partial charge on any atom is 0.264 e. The monoisotopic (exact) mass is 619 g/mol. The highest BCUT2D eigenvalue weighted by Crippen LogP contribution is 2.28. The van der Waals surface area contributed by atoms with E-state index in [2.05, 4.69) is 5.32 Å². The number of hydrogen-bond donors (Lipinski definition) is 1. The average molecular weight is 621 g/mol. The second-order valence-corrected chi connectivity index (χ2v) is 12.5. The summed E-state index contributed by atoms with van der Waals surface area (Å²) in [6.07, 6.45) is 0.708. The molecule has 0 fully saturated rings. The van der Waals surface area contributed by atoms with Gasteiger partial charge >= 0.3 is 0 Å². The van der Waals surface area contributed by atoms with Crippen LogP contribution >= 0.6 is 23.2 Å². The van der Waals surface area contributed by atoms with Gasteiger partial charge in [0.1, 0.15) is 18.3 Å². The van der Waals surface area contributed by atoms with Crippen LogP contribution in [0.25, 0.3) is 0 Å². The number of amides is 2. The Morgan fingerprint density at radius 1 is 0.951 bits per heavy atom. The van der Waals surface area contributed by atoms with Crippen LogP contribution in [-0.4, -0.2) is 50.9 Å². The van der Waals surface area contributed by atoms with Crippen molar-refractivity contribution in [3.8, 4) is 5.75 Å². The van der Waals surface area contributed by atoms with Gasteiger partial charge in [-0.3, -0.25) is 13.9 Å². The Balaban J connectivity index is 2.04. The number of carbonyl (C=O) groups excluding carboxylic acids is 2. The van der Waals surface area contributed by atoms with Gasteiger partial charge < -0.3 is 15.0 Å². The maximum absolute atomic E-state index is 14.0. The molecule has 2 atom stereocenters. The Morgan fingerprint density at radius 2 is 1.59 bits per heavy atom. The van der Waals surface area contributed by atoms with E-state index in [4.69, 9.17) is 27.9 Å². The Kier molecular flexibility index (Phi) is 11.1. The summed E-state index contributed by atoms with van der Waals surface area (Å²) in [6.45, 7) is 6.73. The standard InChI is InChI=1S/C30H35Cl2N3O5S/c1-6-21(3)33-30(37)22(4)34(18-23-9-16-27(31)28(32)17-23)29(36)19-35(24-10-12-25(40-5)13-11-24)41(38,39)26-14-7-20(2)8-15-26/h7-17,21-22H,6,18-19H2,1-5H3,(H,33,37)/t21-,22-/m0/s1. The summed E-state index contributed by atoms with van der Waals surface area (Å²) in [6, 6.07) is 16.7. The van der Waals surface area contributed by atoms with Crippen molar-refractivity contribution in [1.82, 2.24) is 10.2 Å². The minimum atomic E-state index is -4.17. The number of methoxy groups -OCH3 is 1. The van der Waals surface area contributed by atoms with E-state index >= 15 is 0 Å². The van der Waals surface area contributed by atoms with Crippen LogP contribution in [0.5, 0.6) is 5.75 Å². The van der Waals surface area contributed by atoms with Crippen molar-refractivity contribution in [2.75, 3.05) is 18.0 Å². The molecule has 3 aromatic rings. The highest BCUT2D eigenvalue weighted by molar-refractivity contribution is 7.92. The third kappa shape index (κ3) is 8.15. The van der Waals surface area contributed by atoms with Crippen LogP contribution < -0.4 is 14.4 Å². The molecule has 0 aromatic heterocycles. The number of nitrogens with zero attached hydrogens (tertiary/aromatic N) is 2. The van der Waals surface area contributed by atoms with Crippen molar-refractivity contribution < 1.29 is 22.7 Å². The van der Waals surface area contributed by atoms with Crippen LogP contribution in [0.1, 0.15) is 38.3 Å². The van der Waals surface area contributed by atoms with E-state index in [0.717, 1.165) is 9.87 Å². The molecule has 8 nitrogen and oxygen atoms in total. The number of ether oxygens (including phenoxy) is 1. The molecule has 0 aliphatic carbocycles. The molecule has 11 heteroatoms. The fourth-order valence-corrected chi connectivity index (χ4v) is 5.73. The first-order valence-corrected chi connectivity index (χ1v) is 15.3. The molecule has 41 heavy (non-hydrogen) atoms. The molecule has 0 saturated carbocycles. The molecule has 0 aliphatic rings. The molecule has 0 bridgehead atoms. The number of hydrogen-bond acceptors (Lipinski definition) is 5. The Hall–Kier alpha value is -3.27. The predicted molar refractivity (Wildman–Crippen MR) is 163 cm³/mol. The molecule has 0 heterocycles. The lowest BCUT2D eigenvalue weighted by Gasteiger charge is -2.32. The number of aryl methyl sites for hydroxylation is 1. The Bertz CT molecular complexity index is 1460. The number of benzene rings is 3. The average Bonchev–Trinajstić information content (AvgIpc) is 2.96. The number of sulfonamides is 1. The molecule has 0 radical (unpaired) electrons. The molecule has 3 rings (SSSR count). The van der Waals surface area contributed by atoms with E-state index in [1.807, 2.05) is 20.8 Å². The quantitative estimate of drug-likeness (QED) is 0.275. The molecule has 220 valence electrons. The molecule has 1 N–H and O–H groups in total. The zero-order valence-electron chi connectivity index (χ0n) is 23.7. The smallest absolute Gasteiger partial charge is 0.264 e. The second-order valence-electron chi connectivity index (χ2n) is 9.79. The van der Waals surface area contributed by atoms with Crippen molar-refractivity contribution >= 4 is 50.7 Å². The lowest BCUT2D eigenvalue weighted by molar-refractivity contribution is -0.139. The van der Waals surface area contributed by atoms with Gasteiger partial charge in [0.2, 0.25) is 11.8 Å². The predicted octanol–water partition coefficient (Wildman–Crippen LogP) is 5.84. The van der Waals surface area contributed by atoms with Gasteiger partial charge in [0.05, 0.1) is 27.7 Å². The van der Waals surface area contributed by atoms with Crippen molar-refractivity contribution in [3.63, 3.8) is 0 Å². The number of nitrogens with one attached hydrogen (secondary N) is 1. The zero-order chi connectivity index (χ0) is 30.3. The zero-order valence-corrected chi connectivity index (χ0v) is 26.1. The first kappa shape index (κ1) is 32.2. The molecule has 0 saturated heterocycles. The number of halogens is 2. The van der Waals surface area contributed by atoms with Crippen molar-refractivity contribution in [3.05, 3.63) is 87.9 Å². The highest BCUT2D eigenvalue weighted by atomic mass is 35.5. The van der Waals surface area contributed by atoms with Gasteiger partial charge in [-0.2, -0.15) is 0 Å². The van der Waals surface area contributed by atoms with Gasteiger partial charge in [-0.05, 0) is 81.3 Å². The maximum atomic E-state index is 14.0. The van der Waals surface area contributed by atoms with Crippen LogP contribution in [0.2, 0.25) is 10.0 Å². The molecule has 0 aliphatic heterocycles. The van der Waals surface area contributed by atoms with E-state index in [1.165, 1.54) is 24.1 Å². The Morgan fingerprint density at radius 3 is 2.15 bits per heavy atom. The summed E-state index contributed by atoms with van der Waals surface area (Å²) < 4.78 is 34.1. The van der Waals surface area contributed by atoms with E-state index in [0.29, 0.717) is 27.8 Å². The number of carbonyl (C=O) groups is 2. The van der Waals surface area contributed by atoms with Crippen molar-refractivity contribution in [1.29, 1.82) is 0 Å². The summed E-state index contributed by atoms with van der Waals surface area (Å²) in [7, 11) is -2.66. The van der Waals surface area contributed by atoms with E-state index < -0.39 is 28.5 Å². The van der Waals surface area contributed by atoms with Crippen molar-refractivity contribution in [2.45, 2.75) is 57.6 Å². The summed E-state index contributed by atoms with van der Waals surface area (Å²) in [5.74, 6) is -0.399. The van der Waals surface area contributed by atoms with Crippen LogP contribution in [0.4, 0.5) is 5.69 Å². The molecule has 0 spiro atoms. The largest absolute Gasteiger partial charge is 0.497 e. The number of rotatable bonds is 12. The summed E-state index contributed by atoms with van der Waals surface area (Å²) in [4.78, 5) is 28.5. The number of anilines is 1. The second kappa shape index (κ2) is 14.1. The summed E-state index contributed by atoms with van der Waals surface area (Å²) >= 11 is 12.3. The lowest BCUT2D eigenvalue weighted by Crippen LogP contribution is -2.52. The summed E-state index contributed by atoms with van der Waals surface area (Å²) in [5, 5.41) is 3.56. The van der Waals surface area contributed by atoms with Crippen LogP contribution in [0, 0.1) is 6.92 Å². The molecule has 3 aromatic carbocycles. The van der Waals surface area contributed by atoms with Gasteiger partial charge in [-0.1, -0.05) is 53.9 Å². The minimum Gasteiger partial charge on any atom is -0.497 e. The van der Waals surface area contributed by atoms with E-state index in [-0.39, 0.29) is 29.1 Å². The van der Waals surface area contributed by atoms with Gasteiger partial charge in [-0.15, -0.1) is 0 Å². The fourth-order valence-electron chi connectivity index (χ4n) is 4.00. The lowest BCUT2D eigenvalue weighted by atomic mass is 10.1. The van der Waals surface area contributed by atoms with Gasteiger partial charge in [-0.25, -0.2) is 8.42 Å². The molecular formula is C30H35Cl2N3O5S. The summed E-state index contributed by atoms with van der Waals surface area (Å²) in [5.41, 5.74) is 1.80. The third-order valence-corrected chi connectivity index (χ3v) is 9.28. The third-order valence-electron chi connectivity index (χ3n) is 6.75. The minimum absolute atomic E-state index is 0.00580. The highest BCUT2D eigenvalue weighted by Gasteiger charge is 2.33. The van der Waals surface area contributed by atoms with Crippen LogP contribution in [0.3, 0.4) is 0 Å². The molecular weight excluding hydrogens is 585 g/mol. The van der Waals surface area contributed by atoms with Crippen LogP contribution in [0.15, 0.2) is 71.6 Å². The van der Waals surface area contributed by atoms with E-state index in [9.17, 15) is 18.0 Å². The van der Waals surface area contributed by atoms with Crippen molar-refractivity contribution in [2.24, 2.45) is 0 Å². The fraction of sp³-hybridized carbons (Fsp3) is 0.333. The normalized spacial score (nSPS) is 12.8. The van der Waals surface area contributed by atoms with Gasteiger partial charge in [0.25, 0.3) is 10.0 Å². The Labute approximate surface area is 252 Å². The van der Waals surface area contributed by atoms with E-state index in [1.54, 1.807) is 61.5 Å². The van der Waals surface area contributed by atoms with Gasteiger partial charge in [0, 0.05) is 12.6 Å². The van der Waals surface area contributed by atoms with Gasteiger partial charge in [0.15, 0.2) is 0 Å². The molecule has 2 amide bonds. The first-order chi connectivity index (χ1) is 19.4.